The van der Waals surface area contributed by atoms with E-state index >= 15 is 0 Å². The van der Waals surface area contributed by atoms with Gasteiger partial charge in [-0.2, -0.15) is 0 Å². The highest BCUT2D eigenvalue weighted by Gasteiger charge is 2.55. The molecule has 0 amide bonds. The van der Waals surface area contributed by atoms with Gasteiger partial charge < -0.3 is 0 Å². The first-order chi connectivity index (χ1) is 6.88. The van der Waals surface area contributed by atoms with E-state index in [1.54, 1.807) is 11.2 Å². The van der Waals surface area contributed by atoms with Crippen LogP contribution in [0.3, 0.4) is 0 Å². The van der Waals surface area contributed by atoms with E-state index in [2.05, 4.69) is 13.8 Å². The predicted molar refractivity (Wildman–Crippen MR) is 61.0 cm³/mol. The van der Waals surface area contributed by atoms with E-state index in [1.165, 1.54) is 12.8 Å². The quantitative estimate of drug-likeness (QED) is 0.741. The van der Waals surface area contributed by atoms with Gasteiger partial charge in [0.1, 0.15) is 0 Å². The van der Waals surface area contributed by atoms with Crippen molar-refractivity contribution >= 4 is 10.0 Å². The minimum absolute atomic E-state index is 0.247. The van der Waals surface area contributed by atoms with Gasteiger partial charge >= 0.3 is 0 Å². The monoisotopic (exact) mass is 231 g/mol. The molecule has 1 heterocycles. The third-order valence-electron chi connectivity index (χ3n) is 4.11. The van der Waals surface area contributed by atoms with Gasteiger partial charge in [0.05, 0.1) is 5.75 Å². The molecule has 0 aromatic heterocycles. The van der Waals surface area contributed by atoms with Crippen LogP contribution in [0.4, 0.5) is 0 Å². The number of hydrogen-bond acceptors (Lipinski definition) is 2. The van der Waals surface area contributed by atoms with Gasteiger partial charge in [0.25, 0.3) is 0 Å². The van der Waals surface area contributed by atoms with Gasteiger partial charge in [0.2, 0.25) is 10.0 Å². The highest BCUT2D eigenvalue weighted by atomic mass is 32.2. The van der Waals surface area contributed by atoms with Gasteiger partial charge in [-0.05, 0) is 37.0 Å². The van der Waals surface area contributed by atoms with E-state index < -0.39 is 10.0 Å². The van der Waals surface area contributed by atoms with Crippen LogP contribution >= 0.6 is 0 Å². The molecule has 0 unspecified atom stereocenters. The fourth-order valence-electron chi connectivity index (χ4n) is 2.86. The molecule has 1 saturated carbocycles. The number of sulfonamides is 1. The van der Waals surface area contributed by atoms with E-state index in [1.807, 2.05) is 0 Å². The SMILES string of the molecule is CCS(=O)(=O)N1CC2(CC(C(C)C)C2)C1. The first-order valence-electron chi connectivity index (χ1n) is 5.86. The van der Waals surface area contributed by atoms with E-state index in [9.17, 15) is 8.42 Å². The van der Waals surface area contributed by atoms with Crippen LogP contribution in [0.2, 0.25) is 0 Å². The molecule has 4 heteroatoms. The highest BCUT2D eigenvalue weighted by molar-refractivity contribution is 7.89. The Morgan fingerprint density at radius 2 is 1.87 bits per heavy atom. The summed E-state index contributed by atoms with van der Waals surface area (Å²) in [7, 11) is -2.91. The van der Waals surface area contributed by atoms with Crippen LogP contribution in [0, 0.1) is 17.3 Å². The average Bonchev–Trinajstić information content (AvgIpc) is 1.98. The second kappa shape index (κ2) is 3.45. The Hall–Kier alpha value is -0.0900. The summed E-state index contributed by atoms with van der Waals surface area (Å²) >= 11 is 0. The van der Waals surface area contributed by atoms with Crippen LogP contribution in [0.15, 0.2) is 0 Å². The lowest BCUT2D eigenvalue weighted by Crippen LogP contribution is -2.64. The predicted octanol–water partition coefficient (Wildman–Crippen LogP) is 1.70. The molecule has 1 spiro atoms. The molecular weight excluding hydrogens is 210 g/mol. The molecule has 0 radical (unpaired) electrons. The van der Waals surface area contributed by atoms with Gasteiger partial charge in [0, 0.05) is 13.1 Å². The van der Waals surface area contributed by atoms with Gasteiger partial charge in [-0.1, -0.05) is 13.8 Å². The molecule has 1 aliphatic heterocycles. The summed E-state index contributed by atoms with van der Waals surface area (Å²) in [6, 6.07) is 0. The Morgan fingerprint density at radius 3 is 2.27 bits per heavy atom. The molecule has 0 N–H and O–H groups in total. The fourth-order valence-corrected chi connectivity index (χ4v) is 4.17. The Bertz CT molecular complexity index is 334. The normalized spacial score (nSPS) is 26.7. The number of nitrogens with zero attached hydrogens (tertiary/aromatic N) is 1. The first kappa shape index (κ1) is 11.4. The van der Waals surface area contributed by atoms with E-state index in [-0.39, 0.29) is 5.75 Å². The number of hydrogen-bond donors (Lipinski definition) is 0. The summed E-state index contributed by atoms with van der Waals surface area (Å²) in [4.78, 5) is 0. The van der Waals surface area contributed by atoms with Crippen molar-refractivity contribution < 1.29 is 8.42 Å². The van der Waals surface area contributed by atoms with Gasteiger partial charge in [-0.3, -0.25) is 0 Å². The molecule has 0 bridgehead atoms. The van der Waals surface area contributed by atoms with Crippen molar-refractivity contribution in [1.82, 2.24) is 4.31 Å². The topological polar surface area (TPSA) is 37.4 Å². The Labute approximate surface area is 92.9 Å². The van der Waals surface area contributed by atoms with Crippen molar-refractivity contribution in [1.29, 1.82) is 0 Å². The van der Waals surface area contributed by atoms with Crippen LogP contribution in [0.5, 0.6) is 0 Å². The van der Waals surface area contributed by atoms with E-state index in [4.69, 9.17) is 0 Å². The number of rotatable bonds is 3. The molecule has 0 aromatic rings. The Kier molecular flexibility index (Phi) is 2.62. The van der Waals surface area contributed by atoms with Crippen LogP contribution in [-0.2, 0) is 10.0 Å². The van der Waals surface area contributed by atoms with Crippen LogP contribution in [-0.4, -0.2) is 31.6 Å². The molecule has 2 rings (SSSR count). The van der Waals surface area contributed by atoms with Crippen LogP contribution < -0.4 is 0 Å². The third kappa shape index (κ3) is 1.82. The maximum Gasteiger partial charge on any atom is 0.213 e. The van der Waals surface area contributed by atoms with Crippen molar-refractivity contribution in [2.45, 2.75) is 33.6 Å². The van der Waals surface area contributed by atoms with Crippen molar-refractivity contribution in [3.05, 3.63) is 0 Å². The van der Waals surface area contributed by atoms with Crippen molar-refractivity contribution in [2.24, 2.45) is 17.3 Å². The molecule has 1 aliphatic carbocycles. The zero-order valence-electron chi connectivity index (χ0n) is 9.86. The lowest BCUT2D eigenvalue weighted by atomic mass is 9.56. The summed E-state index contributed by atoms with van der Waals surface area (Å²) in [6.07, 6.45) is 2.47. The summed E-state index contributed by atoms with van der Waals surface area (Å²) in [5, 5.41) is 0. The summed E-state index contributed by atoms with van der Waals surface area (Å²) in [6.45, 7) is 7.81. The third-order valence-corrected chi connectivity index (χ3v) is 5.89. The Balaban J connectivity index is 1.86. The van der Waals surface area contributed by atoms with Crippen molar-refractivity contribution in [2.75, 3.05) is 18.8 Å². The maximum absolute atomic E-state index is 11.6. The lowest BCUT2D eigenvalue weighted by Gasteiger charge is -2.59. The molecule has 3 nitrogen and oxygen atoms in total. The highest BCUT2D eigenvalue weighted by Crippen LogP contribution is 2.54. The molecule has 2 aliphatic rings. The molecule has 15 heavy (non-hydrogen) atoms. The van der Waals surface area contributed by atoms with E-state index in [0.29, 0.717) is 5.41 Å². The minimum Gasteiger partial charge on any atom is -0.212 e. The molecule has 1 saturated heterocycles. The standard InChI is InChI=1S/C11H21NO2S/c1-4-15(13,14)12-7-11(8-12)5-10(6-11)9(2)3/h9-10H,4-8H2,1-3H3. The second-order valence-corrected chi connectivity index (χ2v) is 7.84. The minimum atomic E-state index is -2.91. The summed E-state index contributed by atoms with van der Waals surface area (Å²) < 4.78 is 24.8. The molecular formula is C11H21NO2S. The van der Waals surface area contributed by atoms with Crippen molar-refractivity contribution in [3.8, 4) is 0 Å². The molecule has 0 aromatic carbocycles. The largest absolute Gasteiger partial charge is 0.213 e. The van der Waals surface area contributed by atoms with Gasteiger partial charge in [0.15, 0.2) is 0 Å². The Morgan fingerprint density at radius 1 is 1.33 bits per heavy atom. The lowest BCUT2D eigenvalue weighted by molar-refractivity contribution is -0.0678. The molecule has 88 valence electrons. The molecule has 2 fully saturated rings. The van der Waals surface area contributed by atoms with Crippen LogP contribution in [0.1, 0.15) is 33.6 Å². The summed E-state index contributed by atoms with van der Waals surface area (Å²) in [5.74, 6) is 1.83. The zero-order valence-corrected chi connectivity index (χ0v) is 10.7. The van der Waals surface area contributed by atoms with Gasteiger partial charge in [-0.25, -0.2) is 12.7 Å². The first-order valence-corrected chi connectivity index (χ1v) is 7.47. The zero-order chi connectivity index (χ0) is 11.3. The second-order valence-electron chi connectivity index (χ2n) is 5.58. The smallest absolute Gasteiger partial charge is 0.212 e. The average molecular weight is 231 g/mol. The van der Waals surface area contributed by atoms with E-state index in [0.717, 1.165) is 24.9 Å². The van der Waals surface area contributed by atoms with Gasteiger partial charge in [-0.15, -0.1) is 0 Å². The van der Waals surface area contributed by atoms with Crippen LogP contribution in [0.25, 0.3) is 0 Å². The van der Waals surface area contributed by atoms with Crippen molar-refractivity contribution in [3.63, 3.8) is 0 Å². The fraction of sp³-hybridized carbons (Fsp3) is 1.00. The summed E-state index contributed by atoms with van der Waals surface area (Å²) in [5.41, 5.74) is 0.372. The molecule has 0 atom stereocenters. The maximum atomic E-state index is 11.6.